The van der Waals surface area contributed by atoms with Crippen molar-refractivity contribution in [1.82, 2.24) is 15.2 Å². The number of hydrogen-bond donors (Lipinski definition) is 1. The van der Waals surface area contributed by atoms with E-state index in [0.29, 0.717) is 5.69 Å². The molecule has 0 bridgehead atoms. The van der Waals surface area contributed by atoms with Crippen LogP contribution in [0.3, 0.4) is 0 Å². The Morgan fingerprint density at radius 2 is 2.38 bits per heavy atom. The molecule has 0 amide bonds. The summed E-state index contributed by atoms with van der Waals surface area (Å²) in [5.41, 5.74) is 1.58. The van der Waals surface area contributed by atoms with Crippen LogP contribution in [0.5, 0.6) is 0 Å². The number of rotatable bonds is 6. The van der Waals surface area contributed by atoms with Crippen LogP contribution < -0.4 is 5.32 Å². The number of aromatic nitrogens is 1. The molecule has 0 fully saturated rings. The molecule has 1 aromatic heterocycles. The van der Waals surface area contributed by atoms with Gasteiger partial charge in [-0.25, -0.2) is 4.98 Å². The molecule has 16 heavy (non-hydrogen) atoms. The Balaban J connectivity index is 2.29. The minimum Gasteiger partial charge on any atom is -0.311 e. The van der Waals surface area contributed by atoms with Crippen molar-refractivity contribution >= 4 is 0 Å². The predicted octanol–water partition coefficient (Wildman–Crippen LogP) is 0.995. The summed E-state index contributed by atoms with van der Waals surface area (Å²) in [6.07, 6.45) is 1.67. The van der Waals surface area contributed by atoms with E-state index in [4.69, 9.17) is 5.26 Å². The first-order valence-electron chi connectivity index (χ1n) is 5.50. The molecular weight excluding hydrogens is 200 g/mol. The molecule has 0 unspecified atom stereocenters. The van der Waals surface area contributed by atoms with Crippen LogP contribution in [0.2, 0.25) is 0 Å². The number of nitrogens with zero attached hydrogens (tertiary/aromatic N) is 3. The van der Waals surface area contributed by atoms with E-state index in [9.17, 15) is 0 Å². The number of nitrogens with one attached hydrogen (secondary N) is 1. The van der Waals surface area contributed by atoms with Gasteiger partial charge in [-0.1, -0.05) is 6.92 Å². The molecule has 0 saturated heterocycles. The molecule has 1 aromatic rings. The van der Waals surface area contributed by atoms with Crippen molar-refractivity contribution in [3.05, 3.63) is 29.6 Å². The van der Waals surface area contributed by atoms with Crippen LogP contribution in [0.4, 0.5) is 0 Å². The number of pyridine rings is 1. The van der Waals surface area contributed by atoms with Gasteiger partial charge >= 0.3 is 0 Å². The lowest BCUT2D eigenvalue weighted by molar-refractivity contribution is 0.349. The summed E-state index contributed by atoms with van der Waals surface area (Å²) in [4.78, 5) is 6.18. The van der Waals surface area contributed by atoms with E-state index in [1.807, 2.05) is 18.2 Å². The molecule has 0 spiro atoms. The average molecular weight is 218 g/mol. The van der Waals surface area contributed by atoms with Gasteiger partial charge in [-0.05, 0) is 31.3 Å². The van der Waals surface area contributed by atoms with Gasteiger partial charge < -0.3 is 10.2 Å². The molecule has 0 aliphatic heterocycles. The topological polar surface area (TPSA) is 52.0 Å². The van der Waals surface area contributed by atoms with Crippen LogP contribution in [-0.4, -0.2) is 36.6 Å². The maximum Gasteiger partial charge on any atom is 0.140 e. The smallest absolute Gasteiger partial charge is 0.140 e. The summed E-state index contributed by atoms with van der Waals surface area (Å²) in [5.74, 6) is 0. The number of hydrogen-bond acceptors (Lipinski definition) is 4. The highest BCUT2D eigenvalue weighted by molar-refractivity contribution is 5.25. The molecule has 0 radical (unpaired) electrons. The molecule has 4 nitrogen and oxygen atoms in total. The number of nitriles is 1. The molecule has 1 heterocycles. The maximum absolute atomic E-state index is 8.70. The molecule has 4 heteroatoms. The summed E-state index contributed by atoms with van der Waals surface area (Å²) in [7, 11) is 2.10. The van der Waals surface area contributed by atoms with Crippen LogP contribution in [0.15, 0.2) is 18.3 Å². The Bertz CT molecular complexity index is 356. The third-order valence-corrected chi connectivity index (χ3v) is 2.48. The SMILES string of the molecule is CCN(C)CCNCc1ccnc(C#N)c1. The van der Waals surface area contributed by atoms with Crippen LogP contribution >= 0.6 is 0 Å². The summed E-state index contributed by atoms with van der Waals surface area (Å²) >= 11 is 0. The fourth-order valence-corrected chi connectivity index (χ4v) is 1.31. The maximum atomic E-state index is 8.70. The van der Waals surface area contributed by atoms with Crippen molar-refractivity contribution in [1.29, 1.82) is 5.26 Å². The highest BCUT2D eigenvalue weighted by atomic mass is 15.1. The second-order valence-corrected chi connectivity index (χ2v) is 3.73. The van der Waals surface area contributed by atoms with Gasteiger partial charge in [0.2, 0.25) is 0 Å². The molecule has 86 valence electrons. The van der Waals surface area contributed by atoms with E-state index in [1.54, 1.807) is 6.20 Å². The summed E-state index contributed by atoms with van der Waals surface area (Å²) in [6.45, 7) is 5.98. The lowest BCUT2D eigenvalue weighted by Crippen LogP contribution is -2.28. The van der Waals surface area contributed by atoms with Crippen LogP contribution in [0.25, 0.3) is 0 Å². The Hall–Kier alpha value is -1.44. The molecular formula is C12H18N4. The minimum absolute atomic E-state index is 0.477. The molecule has 0 aliphatic rings. The Morgan fingerprint density at radius 1 is 1.56 bits per heavy atom. The Morgan fingerprint density at radius 3 is 3.06 bits per heavy atom. The van der Waals surface area contributed by atoms with Crippen LogP contribution in [0.1, 0.15) is 18.2 Å². The summed E-state index contributed by atoms with van der Waals surface area (Å²) in [6, 6.07) is 5.78. The first kappa shape index (κ1) is 12.6. The van der Waals surface area contributed by atoms with Crippen molar-refractivity contribution < 1.29 is 0 Å². The van der Waals surface area contributed by atoms with Gasteiger partial charge in [0, 0.05) is 25.8 Å². The van der Waals surface area contributed by atoms with E-state index in [2.05, 4.69) is 29.2 Å². The second kappa shape index (κ2) is 6.94. The lowest BCUT2D eigenvalue weighted by atomic mass is 10.2. The van der Waals surface area contributed by atoms with Gasteiger partial charge in [-0.2, -0.15) is 5.26 Å². The summed E-state index contributed by atoms with van der Waals surface area (Å²) in [5, 5.41) is 12.0. The largest absolute Gasteiger partial charge is 0.311 e. The second-order valence-electron chi connectivity index (χ2n) is 3.73. The van der Waals surface area contributed by atoms with Crippen molar-refractivity contribution in [2.45, 2.75) is 13.5 Å². The fraction of sp³-hybridized carbons (Fsp3) is 0.500. The average Bonchev–Trinajstić information content (AvgIpc) is 2.34. The van der Waals surface area contributed by atoms with Crippen molar-refractivity contribution in [3.63, 3.8) is 0 Å². The quantitative estimate of drug-likeness (QED) is 0.724. The lowest BCUT2D eigenvalue weighted by Gasteiger charge is -2.13. The minimum atomic E-state index is 0.477. The zero-order chi connectivity index (χ0) is 11.8. The van der Waals surface area contributed by atoms with Gasteiger partial charge in [0.05, 0.1) is 0 Å². The van der Waals surface area contributed by atoms with Crippen molar-refractivity contribution in [3.8, 4) is 6.07 Å². The molecule has 0 aliphatic carbocycles. The summed E-state index contributed by atoms with van der Waals surface area (Å²) < 4.78 is 0. The van der Waals surface area contributed by atoms with E-state index >= 15 is 0 Å². The fourth-order valence-electron chi connectivity index (χ4n) is 1.31. The van der Waals surface area contributed by atoms with Gasteiger partial charge in [0.15, 0.2) is 0 Å². The molecule has 1 rings (SSSR count). The van der Waals surface area contributed by atoms with Gasteiger partial charge in [0.25, 0.3) is 0 Å². The molecule has 0 aromatic carbocycles. The normalized spacial score (nSPS) is 10.4. The predicted molar refractivity (Wildman–Crippen MR) is 63.8 cm³/mol. The van der Waals surface area contributed by atoms with Crippen molar-refractivity contribution in [2.24, 2.45) is 0 Å². The Kier molecular flexibility index (Phi) is 5.48. The van der Waals surface area contributed by atoms with Gasteiger partial charge in [0.1, 0.15) is 11.8 Å². The van der Waals surface area contributed by atoms with E-state index in [-0.39, 0.29) is 0 Å². The van der Waals surface area contributed by atoms with Crippen molar-refractivity contribution in [2.75, 3.05) is 26.7 Å². The zero-order valence-electron chi connectivity index (χ0n) is 9.90. The molecule has 1 N–H and O–H groups in total. The van der Waals surface area contributed by atoms with Crippen LogP contribution in [0, 0.1) is 11.3 Å². The van der Waals surface area contributed by atoms with Gasteiger partial charge in [-0.3, -0.25) is 0 Å². The highest BCUT2D eigenvalue weighted by Gasteiger charge is 1.97. The third kappa shape index (κ3) is 4.39. The third-order valence-electron chi connectivity index (χ3n) is 2.48. The van der Waals surface area contributed by atoms with E-state index in [1.165, 1.54) is 0 Å². The molecule has 0 atom stereocenters. The Labute approximate surface area is 96.9 Å². The van der Waals surface area contributed by atoms with Crippen LogP contribution in [-0.2, 0) is 6.54 Å². The first-order chi connectivity index (χ1) is 7.76. The van der Waals surface area contributed by atoms with Gasteiger partial charge in [-0.15, -0.1) is 0 Å². The number of likely N-dealkylation sites (N-methyl/N-ethyl adjacent to an activating group) is 1. The van der Waals surface area contributed by atoms with E-state index in [0.717, 1.165) is 31.7 Å². The standard InChI is InChI=1S/C12H18N4/c1-3-16(2)7-6-14-10-11-4-5-15-12(8-11)9-13/h4-5,8,14H,3,6-7,10H2,1-2H3. The van der Waals surface area contributed by atoms with E-state index < -0.39 is 0 Å². The molecule has 0 saturated carbocycles. The zero-order valence-corrected chi connectivity index (χ0v) is 9.90. The monoisotopic (exact) mass is 218 g/mol. The first-order valence-corrected chi connectivity index (χ1v) is 5.50. The highest BCUT2D eigenvalue weighted by Crippen LogP contribution is 1.99.